The molecule has 4 nitrogen and oxygen atoms in total. The van der Waals surface area contributed by atoms with Crippen molar-refractivity contribution in [1.82, 2.24) is 0 Å². The summed E-state index contributed by atoms with van der Waals surface area (Å²) in [5.41, 5.74) is 1.37. The molecular weight excluding hydrogens is 376 g/mol. The van der Waals surface area contributed by atoms with Crippen molar-refractivity contribution in [2.75, 3.05) is 0 Å². The molecule has 1 aromatic rings. The van der Waals surface area contributed by atoms with Gasteiger partial charge in [0, 0.05) is 0 Å². The lowest BCUT2D eigenvalue weighted by molar-refractivity contribution is -0.157. The van der Waals surface area contributed by atoms with Crippen LogP contribution in [0.15, 0.2) is 24.3 Å². The van der Waals surface area contributed by atoms with E-state index in [0.717, 1.165) is 51.4 Å². The average molecular weight is 413 g/mol. The van der Waals surface area contributed by atoms with E-state index in [9.17, 15) is 9.59 Å². The van der Waals surface area contributed by atoms with Gasteiger partial charge < -0.3 is 9.47 Å². The third-order valence-electron chi connectivity index (χ3n) is 7.40. The van der Waals surface area contributed by atoms with Gasteiger partial charge in [0.25, 0.3) is 0 Å². The van der Waals surface area contributed by atoms with Crippen molar-refractivity contribution in [1.29, 1.82) is 0 Å². The van der Waals surface area contributed by atoms with E-state index in [1.165, 1.54) is 44.1 Å². The van der Waals surface area contributed by atoms with Gasteiger partial charge in [0.05, 0.1) is 11.8 Å². The SMILES string of the molecule is O=C(Oc1ccc(C2CCCCC2)cc1)C1CCC(OC(=O)C2CCCCC2)CC1. The predicted octanol–water partition coefficient (Wildman–Crippen LogP) is 6.32. The second-order valence-corrected chi connectivity index (χ2v) is 9.57. The molecule has 164 valence electrons. The van der Waals surface area contributed by atoms with Crippen LogP contribution in [-0.2, 0) is 14.3 Å². The number of rotatable bonds is 5. The van der Waals surface area contributed by atoms with Crippen LogP contribution in [0.2, 0.25) is 0 Å². The smallest absolute Gasteiger partial charge is 0.314 e. The zero-order valence-corrected chi connectivity index (χ0v) is 18.2. The fraction of sp³-hybridized carbons (Fsp3) is 0.692. The fourth-order valence-corrected chi connectivity index (χ4v) is 5.46. The second-order valence-electron chi connectivity index (χ2n) is 9.57. The van der Waals surface area contributed by atoms with Gasteiger partial charge in [-0.15, -0.1) is 0 Å². The molecule has 3 saturated carbocycles. The third-order valence-corrected chi connectivity index (χ3v) is 7.40. The first kappa shape index (κ1) is 21.4. The van der Waals surface area contributed by atoms with Crippen molar-refractivity contribution in [3.8, 4) is 5.75 Å². The topological polar surface area (TPSA) is 52.6 Å². The zero-order chi connectivity index (χ0) is 20.8. The minimum atomic E-state index is -0.141. The van der Waals surface area contributed by atoms with Gasteiger partial charge in [-0.3, -0.25) is 9.59 Å². The Kier molecular flexibility index (Phi) is 7.46. The van der Waals surface area contributed by atoms with Crippen LogP contribution >= 0.6 is 0 Å². The molecule has 0 radical (unpaired) electrons. The first-order chi connectivity index (χ1) is 14.7. The quantitative estimate of drug-likeness (QED) is 0.419. The Labute approximate surface area is 180 Å². The van der Waals surface area contributed by atoms with Crippen LogP contribution in [-0.4, -0.2) is 18.0 Å². The van der Waals surface area contributed by atoms with Crippen LogP contribution in [0.3, 0.4) is 0 Å². The first-order valence-corrected chi connectivity index (χ1v) is 12.2. The third kappa shape index (κ3) is 5.65. The Morgan fingerprint density at radius 1 is 0.633 bits per heavy atom. The molecule has 1 aromatic carbocycles. The highest BCUT2D eigenvalue weighted by atomic mass is 16.5. The van der Waals surface area contributed by atoms with Crippen LogP contribution in [0.25, 0.3) is 0 Å². The first-order valence-electron chi connectivity index (χ1n) is 12.2. The highest BCUT2D eigenvalue weighted by Crippen LogP contribution is 2.34. The molecule has 3 fully saturated rings. The maximum absolute atomic E-state index is 12.6. The molecule has 0 saturated heterocycles. The molecule has 0 N–H and O–H groups in total. The molecule has 4 rings (SSSR count). The fourth-order valence-electron chi connectivity index (χ4n) is 5.46. The van der Waals surface area contributed by atoms with Crippen molar-refractivity contribution < 1.29 is 19.1 Å². The lowest BCUT2D eigenvalue weighted by Crippen LogP contribution is -2.32. The van der Waals surface area contributed by atoms with Gasteiger partial charge in [0.1, 0.15) is 11.9 Å². The van der Waals surface area contributed by atoms with E-state index < -0.39 is 0 Å². The predicted molar refractivity (Wildman–Crippen MR) is 116 cm³/mol. The lowest BCUT2D eigenvalue weighted by Gasteiger charge is -2.29. The van der Waals surface area contributed by atoms with E-state index in [1.54, 1.807) is 0 Å². The molecular formula is C26H36O4. The molecule has 0 bridgehead atoms. The molecule has 3 aliphatic rings. The molecule has 0 heterocycles. The van der Waals surface area contributed by atoms with Crippen molar-refractivity contribution in [3.63, 3.8) is 0 Å². The number of benzene rings is 1. The average Bonchev–Trinajstić information content (AvgIpc) is 2.81. The molecule has 0 aliphatic heterocycles. The molecule has 0 aromatic heterocycles. The van der Waals surface area contributed by atoms with Crippen LogP contribution in [0.4, 0.5) is 0 Å². The number of hydrogen-bond acceptors (Lipinski definition) is 4. The van der Waals surface area contributed by atoms with Gasteiger partial charge in [-0.05, 0) is 75.0 Å². The standard InChI is InChI=1S/C26H36O4/c27-25(21-9-5-2-6-10-21)29-24-17-13-22(14-18-24)26(28)30-23-15-11-20(12-16-23)19-7-3-1-4-8-19/h11-12,15-16,19,21-22,24H,1-10,13-14,17-18H2. The van der Waals surface area contributed by atoms with Gasteiger partial charge in [-0.1, -0.05) is 50.7 Å². The van der Waals surface area contributed by atoms with E-state index in [4.69, 9.17) is 9.47 Å². The molecule has 3 aliphatic carbocycles. The van der Waals surface area contributed by atoms with Gasteiger partial charge in [0.2, 0.25) is 0 Å². The summed E-state index contributed by atoms with van der Waals surface area (Å²) in [7, 11) is 0. The highest BCUT2D eigenvalue weighted by Gasteiger charge is 2.31. The van der Waals surface area contributed by atoms with Crippen LogP contribution in [0.1, 0.15) is 101 Å². The maximum atomic E-state index is 12.6. The Morgan fingerprint density at radius 3 is 1.83 bits per heavy atom. The monoisotopic (exact) mass is 412 g/mol. The number of hydrogen-bond donors (Lipinski definition) is 0. The van der Waals surface area contributed by atoms with Crippen molar-refractivity contribution in [2.24, 2.45) is 11.8 Å². The summed E-state index contributed by atoms with van der Waals surface area (Å²) in [6, 6.07) is 8.14. The van der Waals surface area contributed by atoms with Gasteiger partial charge >= 0.3 is 11.9 Å². The Hall–Kier alpha value is -1.84. The second kappa shape index (κ2) is 10.5. The van der Waals surface area contributed by atoms with Crippen molar-refractivity contribution >= 4 is 11.9 Å². The largest absolute Gasteiger partial charge is 0.462 e. The number of esters is 2. The molecule has 0 unspecified atom stereocenters. The zero-order valence-electron chi connectivity index (χ0n) is 18.2. The summed E-state index contributed by atoms with van der Waals surface area (Å²) in [6.45, 7) is 0. The van der Waals surface area contributed by atoms with Crippen molar-refractivity contribution in [2.45, 2.75) is 102 Å². The number of ether oxygens (including phenoxy) is 2. The summed E-state index contributed by atoms with van der Waals surface area (Å²) < 4.78 is 11.4. The molecule has 30 heavy (non-hydrogen) atoms. The Morgan fingerprint density at radius 2 is 1.20 bits per heavy atom. The van der Waals surface area contributed by atoms with E-state index in [0.29, 0.717) is 11.7 Å². The highest BCUT2D eigenvalue weighted by molar-refractivity contribution is 5.75. The van der Waals surface area contributed by atoms with Crippen LogP contribution < -0.4 is 4.74 Å². The minimum Gasteiger partial charge on any atom is -0.462 e. The minimum absolute atomic E-state index is 0.0150. The molecule has 0 atom stereocenters. The lowest BCUT2D eigenvalue weighted by atomic mass is 9.84. The maximum Gasteiger partial charge on any atom is 0.314 e. The Balaban J connectivity index is 1.21. The van der Waals surface area contributed by atoms with E-state index in [1.807, 2.05) is 12.1 Å². The van der Waals surface area contributed by atoms with Crippen molar-refractivity contribution in [3.05, 3.63) is 29.8 Å². The summed E-state index contributed by atoms with van der Waals surface area (Å²) in [4.78, 5) is 25.0. The van der Waals surface area contributed by atoms with E-state index in [2.05, 4.69) is 12.1 Å². The Bertz CT molecular complexity index is 690. The number of carbonyl (C=O) groups is 2. The normalized spacial score (nSPS) is 26.1. The summed E-state index contributed by atoms with van der Waals surface area (Å²) >= 11 is 0. The summed E-state index contributed by atoms with van der Waals surface area (Å²) in [5, 5.41) is 0. The summed E-state index contributed by atoms with van der Waals surface area (Å²) in [5.74, 6) is 1.16. The van der Waals surface area contributed by atoms with E-state index >= 15 is 0 Å². The number of carbonyl (C=O) groups excluding carboxylic acids is 2. The molecule has 0 spiro atoms. The molecule has 0 amide bonds. The van der Waals surface area contributed by atoms with Crippen LogP contribution in [0, 0.1) is 11.8 Å². The van der Waals surface area contributed by atoms with E-state index in [-0.39, 0.29) is 29.9 Å². The summed E-state index contributed by atoms with van der Waals surface area (Å²) in [6.07, 6.45) is 15.0. The molecule has 4 heteroatoms. The van der Waals surface area contributed by atoms with Gasteiger partial charge in [-0.25, -0.2) is 0 Å². The van der Waals surface area contributed by atoms with Crippen LogP contribution in [0.5, 0.6) is 5.75 Å². The van der Waals surface area contributed by atoms with Gasteiger partial charge in [0.15, 0.2) is 0 Å². The van der Waals surface area contributed by atoms with Gasteiger partial charge in [-0.2, -0.15) is 0 Å².